The summed E-state index contributed by atoms with van der Waals surface area (Å²) in [5.74, 6) is 1.31. The molecule has 0 N–H and O–H groups in total. The van der Waals surface area contributed by atoms with Crippen LogP contribution < -0.4 is 0 Å². The predicted octanol–water partition coefficient (Wildman–Crippen LogP) is 8.61. The van der Waals surface area contributed by atoms with E-state index < -0.39 is 0 Å². The van der Waals surface area contributed by atoms with Gasteiger partial charge in [-0.2, -0.15) is 0 Å². The van der Waals surface area contributed by atoms with Crippen molar-refractivity contribution in [3.05, 3.63) is 156 Å². The van der Waals surface area contributed by atoms with E-state index in [4.69, 9.17) is 9.97 Å². The molecule has 178 valence electrons. The van der Waals surface area contributed by atoms with Crippen LogP contribution in [0.15, 0.2) is 134 Å². The predicted molar refractivity (Wildman–Crippen MR) is 152 cm³/mol. The van der Waals surface area contributed by atoms with Gasteiger partial charge >= 0.3 is 0 Å². The van der Waals surface area contributed by atoms with Crippen LogP contribution in [0.2, 0.25) is 0 Å². The lowest BCUT2D eigenvalue weighted by molar-refractivity contribution is 0.762. The average Bonchev–Trinajstić information content (AvgIpc) is 2.97. The maximum Gasteiger partial charge on any atom is 0.136 e. The lowest BCUT2D eigenvalue weighted by Gasteiger charge is -2.24. The van der Waals surface area contributed by atoms with Gasteiger partial charge in [0.25, 0.3) is 0 Å². The molecule has 0 bridgehead atoms. The van der Waals surface area contributed by atoms with Crippen molar-refractivity contribution in [3.63, 3.8) is 0 Å². The molecule has 2 aromatic rings. The van der Waals surface area contributed by atoms with E-state index in [-0.39, 0.29) is 5.92 Å². The van der Waals surface area contributed by atoms with E-state index in [1.165, 1.54) is 22.3 Å². The fourth-order valence-electron chi connectivity index (χ4n) is 5.01. The summed E-state index contributed by atoms with van der Waals surface area (Å²) in [6.45, 7) is 7.91. The molecule has 0 spiro atoms. The molecule has 0 amide bonds. The average molecular weight is 469 g/mol. The van der Waals surface area contributed by atoms with Crippen molar-refractivity contribution in [3.8, 4) is 0 Å². The number of nitrogens with zero attached hydrogens (tertiary/aromatic N) is 2. The summed E-state index contributed by atoms with van der Waals surface area (Å²) in [6, 6.07) is 12.9. The first-order valence-corrected chi connectivity index (χ1v) is 12.8. The molecule has 1 heterocycles. The van der Waals surface area contributed by atoms with Crippen LogP contribution in [0.25, 0.3) is 11.1 Å². The Morgan fingerprint density at radius 1 is 0.944 bits per heavy atom. The van der Waals surface area contributed by atoms with Crippen LogP contribution in [-0.4, -0.2) is 9.97 Å². The van der Waals surface area contributed by atoms with Gasteiger partial charge in [-0.15, -0.1) is 0 Å². The van der Waals surface area contributed by atoms with Gasteiger partial charge in [0.2, 0.25) is 0 Å². The highest BCUT2D eigenvalue weighted by atomic mass is 14.9. The second-order valence-corrected chi connectivity index (χ2v) is 9.37. The summed E-state index contributed by atoms with van der Waals surface area (Å²) in [4.78, 5) is 10.1. The van der Waals surface area contributed by atoms with Gasteiger partial charge in [-0.05, 0) is 65.7 Å². The molecule has 2 unspecified atom stereocenters. The number of rotatable bonds is 7. The third-order valence-corrected chi connectivity index (χ3v) is 6.90. The molecule has 5 rings (SSSR count). The summed E-state index contributed by atoms with van der Waals surface area (Å²) in [5, 5.41) is 0. The molecule has 36 heavy (non-hydrogen) atoms. The second-order valence-electron chi connectivity index (χ2n) is 9.37. The van der Waals surface area contributed by atoms with Gasteiger partial charge in [-0.3, -0.25) is 0 Å². The van der Waals surface area contributed by atoms with Crippen molar-refractivity contribution in [2.45, 2.75) is 37.5 Å². The minimum Gasteiger partial charge on any atom is -0.233 e. The molecular formula is C34H32N2. The van der Waals surface area contributed by atoms with E-state index in [0.717, 1.165) is 48.5 Å². The fraction of sp³-hybridized carbons (Fsp3) is 0.176. The molecule has 2 atom stereocenters. The van der Waals surface area contributed by atoms with Crippen molar-refractivity contribution in [2.75, 3.05) is 0 Å². The highest BCUT2D eigenvalue weighted by molar-refractivity contribution is 5.77. The zero-order valence-corrected chi connectivity index (χ0v) is 20.7. The van der Waals surface area contributed by atoms with Crippen molar-refractivity contribution >= 4 is 11.1 Å². The Morgan fingerprint density at radius 3 is 2.56 bits per heavy atom. The van der Waals surface area contributed by atoms with Gasteiger partial charge in [0.1, 0.15) is 5.82 Å². The summed E-state index contributed by atoms with van der Waals surface area (Å²) in [7, 11) is 0. The number of allylic oxidation sites excluding steroid dienone is 16. The smallest absolute Gasteiger partial charge is 0.136 e. The van der Waals surface area contributed by atoms with E-state index in [1.807, 2.05) is 12.2 Å². The summed E-state index contributed by atoms with van der Waals surface area (Å²) < 4.78 is 0. The minimum atomic E-state index is 0.164. The first-order chi connectivity index (χ1) is 17.7. The lowest BCUT2D eigenvalue weighted by Crippen LogP contribution is -2.10. The molecule has 1 aromatic heterocycles. The maximum atomic E-state index is 5.15. The molecule has 0 radical (unpaired) electrons. The topological polar surface area (TPSA) is 25.8 Å². The van der Waals surface area contributed by atoms with Gasteiger partial charge in [0.15, 0.2) is 0 Å². The third-order valence-electron chi connectivity index (χ3n) is 6.90. The van der Waals surface area contributed by atoms with E-state index in [0.29, 0.717) is 5.92 Å². The quantitative estimate of drug-likeness (QED) is 0.380. The van der Waals surface area contributed by atoms with Crippen molar-refractivity contribution < 1.29 is 0 Å². The van der Waals surface area contributed by atoms with Crippen LogP contribution in [0.4, 0.5) is 0 Å². The fourth-order valence-corrected chi connectivity index (χ4v) is 5.01. The standard InChI is InChI=1S/C34H32N2/c1-3-14-25(4-2)32-24-33(36-34(35-32)28-19-12-7-13-20-28)31-22-29(26-15-8-5-9-16-26)21-30(23-31)27-17-10-6-11-18-27/h3-5,7-10,12-19,21,23-24,28-29H,1-2,6,11,20,22H2/b25-14+. The van der Waals surface area contributed by atoms with Crippen LogP contribution in [0.5, 0.6) is 0 Å². The monoisotopic (exact) mass is 468 g/mol. The van der Waals surface area contributed by atoms with Crippen LogP contribution >= 0.6 is 0 Å². The Labute approximate surface area is 214 Å². The molecule has 0 saturated heterocycles. The summed E-state index contributed by atoms with van der Waals surface area (Å²) in [6.07, 6.45) is 29.8. The first-order valence-electron chi connectivity index (χ1n) is 12.8. The zero-order valence-electron chi connectivity index (χ0n) is 20.7. The molecule has 2 nitrogen and oxygen atoms in total. The Hall–Kier alpha value is -4.04. The number of aromatic nitrogens is 2. The van der Waals surface area contributed by atoms with Crippen LogP contribution in [0.1, 0.15) is 60.3 Å². The van der Waals surface area contributed by atoms with Crippen LogP contribution in [0, 0.1) is 0 Å². The Balaban J connectivity index is 1.63. The SMILES string of the molecule is C=C/C=C(\C=C)c1cc(C2=CC(C3=CCCC=C3)=CC(c3ccccc3)C2)nc(C2C=CC=CC2)n1. The Morgan fingerprint density at radius 2 is 1.83 bits per heavy atom. The minimum absolute atomic E-state index is 0.164. The third kappa shape index (κ3) is 5.28. The van der Waals surface area contributed by atoms with Gasteiger partial charge in [-0.25, -0.2) is 9.97 Å². The molecule has 3 aliphatic rings. The number of hydrogen-bond acceptors (Lipinski definition) is 2. The van der Waals surface area contributed by atoms with Gasteiger partial charge in [-0.1, -0.05) is 110 Å². The highest BCUT2D eigenvalue weighted by Gasteiger charge is 2.23. The van der Waals surface area contributed by atoms with Crippen molar-refractivity contribution in [2.24, 2.45) is 0 Å². The second kappa shape index (κ2) is 11.1. The first kappa shape index (κ1) is 23.7. The maximum absolute atomic E-state index is 5.15. The number of hydrogen-bond donors (Lipinski definition) is 0. The highest BCUT2D eigenvalue weighted by Crippen LogP contribution is 2.39. The number of benzene rings is 1. The van der Waals surface area contributed by atoms with Gasteiger partial charge < -0.3 is 0 Å². The summed E-state index contributed by atoms with van der Waals surface area (Å²) >= 11 is 0. The van der Waals surface area contributed by atoms with Crippen molar-refractivity contribution in [1.29, 1.82) is 0 Å². The summed E-state index contributed by atoms with van der Waals surface area (Å²) in [5.41, 5.74) is 7.97. The molecule has 0 fully saturated rings. The molecule has 3 aliphatic carbocycles. The molecule has 1 aromatic carbocycles. The Bertz CT molecular complexity index is 1360. The van der Waals surface area contributed by atoms with E-state index in [1.54, 1.807) is 6.08 Å². The largest absolute Gasteiger partial charge is 0.233 e. The molecular weight excluding hydrogens is 436 g/mol. The molecule has 0 saturated carbocycles. The van der Waals surface area contributed by atoms with Crippen LogP contribution in [0.3, 0.4) is 0 Å². The normalized spacial score (nSPS) is 21.4. The molecule has 0 aliphatic heterocycles. The van der Waals surface area contributed by atoms with Gasteiger partial charge in [0, 0.05) is 11.8 Å². The van der Waals surface area contributed by atoms with Crippen LogP contribution in [-0.2, 0) is 0 Å². The zero-order chi connectivity index (χ0) is 24.7. The van der Waals surface area contributed by atoms with E-state index in [9.17, 15) is 0 Å². The Kier molecular flexibility index (Phi) is 7.33. The van der Waals surface area contributed by atoms with Crippen molar-refractivity contribution in [1.82, 2.24) is 9.97 Å². The van der Waals surface area contributed by atoms with E-state index >= 15 is 0 Å². The van der Waals surface area contributed by atoms with E-state index in [2.05, 4.69) is 104 Å². The lowest BCUT2D eigenvalue weighted by atomic mass is 9.81. The molecule has 2 heteroatoms. The van der Waals surface area contributed by atoms with Gasteiger partial charge in [0.05, 0.1) is 11.4 Å².